The van der Waals surface area contributed by atoms with Crippen LogP contribution >= 0.6 is 0 Å². The van der Waals surface area contributed by atoms with Crippen LogP contribution in [0, 0.1) is 5.92 Å². The molecule has 0 spiro atoms. The molecule has 1 fully saturated rings. The van der Waals surface area contributed by atoms with E-state index in [0.29, 0.717) is 0 Å². The lowest BCUT2D eigenvalue weighted by Gasteiger charge is -2.22. The van der Waals surface area contributed by atoms with Crippen molar-refractivity contribution in [1.29, 1.82) is 0 Å². The van der Waals surface area contributed by atoms with Crippen molar-refractivity contribution in [2.45, 2.75) is 51.4 Å². The third-order valence-electron chi connectivity index (χ3n) is 4.80. The second-order valence-electron chi connectivity index (χ2n) is 6.32. The Bertz CT molecular complexity index is 423. The fraction of sp³-hybridized carbons (Fsp3) is 0.667. The Balaban J connectivity index is 1.41. The van der Waals surface area contributed by atoms with Crippen LogP contribution in [0.3, 0.4) is 0 Å². The Labute approximate surface area is 122 Å². The first-order chi connectivity index (χ1) is 9.92. The minimum atomic E-state index is 0.878. The van der Waals surface area contributed by atoms with E-state index in [0.717, 1.165) is 18.3 Å². The zero-order chi connectivity index (χ0) is 13.6. The van der Waals surface area contributed by atoms with Gasteiger partial charge in [-0.1, -0.05) is 6.07 Å². The number of nitrogens with one attached hydrogen (secondary N) is 1. The summed E-state index contributed by atoms with van der Waals surface area (Å²) in [6.07, 6.45) is 10.4. The van der Waals surface area contributed by atoms with Gasteiger partial charge in [0, 0.05) is 0 Å². The Morgan fingerprint density at radius 1 is 1.05 bits per heavy atom. The molecular weight excluding hydrogens is 246 g/mol. The largest absolute Gasteiger partial charge is 0.494 e. The van der Waals surface area contributed by atoms with Crippen molar-refractivity contribution in [2.75, 3.05) is 19.7 Å². The molecule has 1 aromatic carbocycles. The van der Waals surface area contributed by atoms with Crippen molar-refractivity contribution in [3.63, 3.8) is 0 Å². The van der Waals surface area contributed by atoms with Gasteiger partial charge in [0.1, 0.15) is 5.75 Å². The van der Waals surface area contributed by atoms with Crippen LogP contribution in [0.15, 0.2) is 18.2 Å². The van der Waals surface area contributed by atoms with Crippen molar-refractivity contribution >= 4 is 0 Å². The monoisotopic (exact) mass is 273 g/mol. The first-order valence-electron chi connectivity index (χ1n) is 8.37. The van der Waals surface area contributed by atoms with Gasteiger partial charge in [0.25, 0.3) is 0 Å². The lowest BCUT2D eigenvalue weighted by atomic mass is 9.92. The lowest BCUT2D eigenvalue weighted by molar-refractivity contribution is 0.273. The summed E-state index contributed by atoms with van der Waals surface area (Å²) in [4.78, 5) is 0. The fourth-order valence-electron chi connectivity index (χ4n) is 3.53. The Kier molecular flexibility index (Phi) is 4.96. The van der Waals surface area contributed by atoms with Crippen LogP contribution in [0.4, 0.5) is 0 Å². The second kappa shape index (κ2) is 7.12. The smallest absolute Gasteiger partial charge is 0.119 e. The third-order valence-corrected chi connectivity index (χ3v) is 4.80. The molecule has 1 saturated heterocycles. The van der Waals surface area contributed by atoms with Crippen molar-refractivity contribution in [3.05, 3.63) is 29.3 Å². The summed E-state index contributed by atoms with van der Waals surface area (Å²) in [5.41, 5.74) is 3.06. The number of rotatable bonds is 5. The van der Waals surface area contributed by atoms with Gasteiger partial charge in [0.2, 0.25) is 0 Å². The highest BCUT2D eigenvalue weighted by Crippen LogP contribution is 2.25. The molecule has 20 heavy (non-hydrogen) atoms. The van der Waals surface area contributed by atoms with E-state index in [1.54, 1.807) is 5.56 Å². The Hall–Kier alpha value is -1.02. The summed E-state index contributed by atoms with van der Waals surface area (Å²) in [6.45, 7) is 3.29. The lowest BCUT2D eigenvalue weighted by Crippen LogP contribution is -2.27. The van der Waals surface area contributed by atoms with Gasteiger partial charge in [-0.15, -0.1) is 0 Å². The summed E-state index contributed by atoms with van der Waals surface area (Å²) in [7, 11) is 0. The highest BCUT2D eigenvalue weighted by molar-refractivity contribution is 5.37. The topological polar surface area (TPSA) is 21.3 Å². The molecule has 0 saturated carbocycles. The number of fused-ring (bicyclic) bond motifs is 1. The highest BCUT2D eigenvalue weighted by Gasteiger charge is 2.13. The zero-order valence-electron chi connectivity index (χ0n) is 12.5. The van der Waals surface area contributed by atoms with Gasteiger partial charge >= 0.3 is 0 Å². The average molecular weight is 273 g/mol. The van der Waals surface area contributed by atoms with Crippen molar-refractivity contribution < 1.29 is 4.74 Å². The van der Waals surface area contributed by atoms with Crippen molar-refractivity contribution in [3.8, 4) is 5.75 Å². The van der Waals surface area contributed by atoms with Crippen LogP contribution in [0.2, 0.25) is 0 Å². The number of benzene rings is 1. The molecule has 0 radical (unpaired) electrons. The fourth-order valence-corrected chi connectivity index (χ4v) is 3.53. The molecule has 2 nitrogen and oxygen atoms in total. The van der Waals surface area contributed by atoms with Crippen molar-refractivity contribution in [2.24, 2.45) is 5.92 Å². The molecule has 3 rings (SSSR count). The van der Waals surface area contributed by atoms with Crippen LogP contribution in [0.25, 0.3) is 0 Å². The maximum atomic E-state index is 5.95. The van der Waals surface area contributed by atoms with Gasteiger partial charge < -0.3 is 10.1 Å². The second-order valence-corrected chi connectivity index (χ2v) is 6.32. The van der Waals surface area contributed by atoms with Crippen LogP contribution in [-0.4, -0.2) is 19.7 Å². The quantitative estimate of drug-likeness (QED) is 0.826. The van der Waals surface area contributed by atoms with E-state index in [-0.39, 0.29) is 0 Å². The van der Waals surface area contributed by atoms with Gasteiger partial charge in [0.05, 0.1) is 6.61 Å². The average Bonchev–Trinajstić information content (AvgIpc) is 2.52. The molecule has 1 aliphatic heterocycles. The van der Waals surface area contributed by atoms with Crippen LogP contribution in [-0.2, 0) is 12.8 Å². The Morgan fingerprint density at radius 2 is 1.85 bits per heavy atom. The molecule has 2 heteroatoms. The molecule has 0 bridgehead atoms. The molecule has 1 N–H and O–H groups in total. The molecule has 0 aromatic heterocycles. The van der Waals surface area contributed by atoms with Crippen LogP contribution in [0.5, 0.6) is 5.75 Å². The Morgan fingerprint density at radius 3 is 2.70 bits per heavy atom. The van der Waals surface area contributed by atoms with Gasteiger partial charge in [-0.25, -0.2) is 0 Å². The first kappa shape index (κ1) is 13.9. The van der Waals surface area contributed by atoms with E-state index in [2.05, 4.69) is 23.5 Å². The van der Waals surface area contributed by atoms with E-state index in [9.17, 15) is 0 Å². The molecule has 1 heterocycles. The zero-order valence-corrected chi connectivity index (χ0v) is 12.5. The van der Waals surface area contributed by atoms with Crippen molar-refractivity contribution in [1.82, 2.24) is 5.32 Å². The highest BCUT2D eigenvalue weighted by atomic mass is 16.5. The van der Waals surface area contributed by atoms with Gasteiger partial charge in [-0.05, 0) is 93.6 Å². The predicted octanol–water partition coefficient (Wildman–Crippen LogP) is 3.72. The summed E-state index contributed by atoms with van der Waals surface area (Å²) in [5, 5.41) is 3.43. The summed E-state index contributed by atoms with van der Waals surface area (Å²) in [5.74, 6) is 2.00. The molecule has 110 valence electrons. The van der Waals surface area contributed by atoms with E-state index in [1.807, 2.05) is 0 Å². The van der Waals surface area contributed by atoms with E-state index in [4.69, 9.17) is 4.74 Å². The molecule has 2 aliphatic rings. The summed E-state index contributed by atoms with van der Waals surface area (Å²) in [6, 6.07) is 6.71. The maximum Gasteiger partial charge on any atom is 0.119 e. The standard InChI is InChI=1S/C18H27NO/c1-2-6-17-14-18(8-7-16(17)5-1)20-13-3-4-15-9-11-19-12-10-15/h7-8,14-15,19H,1-6,9-13H2. The number of piperidine rings is 1. The SMILES string of the molecule is c1cc2c(cc1OCCCC1CCNCC1)CCCC2. The first-order valence-corrected chi connectivity index (χ1v) is 8.37. The van der Waals surface area contributed by atoms with E-state index < -0.39 is 0 Å². The van der Waals surface area contributed by atoms with E-state index >= 15 is 0 Å². The molecular formula is C18H27NO. The minimum absolute atomic E-state index is 0.878. The summed E-state index contributed by atoms with van der Waals surface area (Å²) < 4.78 is 5.95. The number of hydrogen-bond acceptors (Lipinski definition) is 2. The number of ether oxygens (including phenoxy) is 1. The molecule has 1 aromatic rings. The maximum absolute atomic E-state index is 5.95. The van der Waals surface area contributed by atoms with E-state index in [1.165, 1.54) is 70.0 Å². The van der Waals surface area contributed by atoms with Gasteiger partial charge in [-0.2, -0.15) is 0 Å². The number of hydrogen-bond donors (Lipinski definition) is 1. The molecule has 0 amide bonds. The van der Waals surface area contributed by atoms with Gasteiger partial charge in [-0.3, -0.25) is 0 Å². The van der Waals surface area contributed by atoms with Crippen LogP contribution in [0.1, 0.15) is 49.7 Å². The molecule has 0 unspecified atom stereocenters. The third kappa shape index (κ3) is 3.76. The molecule has 0 atom stereocenters. The predicted molar refractivity (Wildman–Crippen MR) is 83.4 cm³/mol. The van der Waals surface area contributed by atoms with Gasteiger partial charge in [0.15, 0.2) is 0 Å². The minimum Gasteiger partial charge on any atom is -0.494 e. The number of aryl methyl sites for hydroxylation is 2. The normalized spacial score (nSPS) is 19.6. The summed E-state index contributed by atoms with van der Waals surface area (Å²) >= 11 is 0. The molecule has 1 aliphatic carbocycles. The van der Waals surface area contributed by atoms with Crippen LogP contribution < -0.4 is 10.1 Å².